The lowest BCUT2D eigenvalue weighted by molar-refractivity contribution is 0.623. The SMILES string of the molecule is CCn1nc(C)cc1CNc1ccc(Cl)c(Br)c1. The second kappa shape index (κ2) is 5.76. The van der Waals surface area contributed by atoms with Crippen molar-refractivity contribution in [1.29, 1.82) is 0 Å². The molecule has 0 fully saturated rings. The monoisotopic (exact) mass is 327 g/mol. The molecule has 1 aromatic heterocycles. The van der Waals surface area contributed by atoms with Crippen LogP contribution in [0, 0.1) is 6.92 Å². The van der Waals surface area contributed by atoms with Crippen LogP contribution >= 0.6 is 27.5 Å². The zero-order chi connectivity index (χ0) is 13.1. The van der Waals surface area contributed by atoms with Crippen LogP contribution in [-0.4, -0.2) is 9.78 Å². The molecule has 0 aliphatic carbocycles. The van der Waals surface area contributed by atoms with Crippen molar-refractivity contribution < 1.29 is 0 Å². The highest BCUT2D eigenvalue weighted by Crippen LogP contribution is 2.25. The molecular weight excluding hydrogens is 314 g/mol. The second-order valence-electron chi connectivity index (χ2n) is 4.08. The maximum Gasteiger partial charge on any atom is 0.0597 e. The third-order valence-electron chi connectivity index (χ3n) is 2.68. The van der Waals surface area contributed by atoms with E-state index in [2.05, 4.69) is 39.3 Å². The molecule has 0 saturated carbocycles. The molecule has 1 N–H and O–H groups in total. The van der Waals surface area contributed by atoms with E-state index < -0.39 is 0 Å². The minimum atomic E-state index is 0.718. The summed E-state index contributed by atoms with van der Waals surface area (Å²) in [5.74, 6) is 0. The van der Waals surface area contributed by atoms with Crippen LogP contribution in [-0.2, 0) is 13.1 Å². The topological polar surface area (TPSA) is 29.9 Å². The molecule has 1 aromatic carbocycles. The van der Waals surface area contributed by atoms with Crippen LogP contribution in [0.5, 0.6) is 0 Å². The second-order valence-corrected chi connectivity index (χ2v) is 5.34. The average Bonchev–Trinajstić information content (AvgIpc) is 2.71. The maximum atomic E-state index is 5.96. The van der Waals surface area contributed by atoms with E-state index in [0.717, 1.165) is 34.0 Å². The van der Waals surface area contributed by atoms with Gasteiger partial charge in [-0.15, -0.1) is 0 Å². The number of anilines is 1. The number of aromatic nitrogens is 2. The summed E-state index contributed by atoms with van der Waals surface area (Å²) in [6, 6.07) is 7.91. The number of hydrogen-bond acceptors (Lipinski definition) is 2. The third-order valence-corrected chi connectivity index (χ3v) is 3.89. The van der Waals surface area contributed by atoms with Crippen molar-refractivity contribution in [2.75, 3.05) is 5.32 Å². The van der Waals surface area contributed by atoms with Gasteiger partial charge in [0.2, 0.25) is 0 Å². The van der Waals surface area contributed by atoms with Crippen molar-refractivity contribution >= 4 is 33.2 Å². The van der Waals surface area contributed by atoms with E-state index in [-0.39, 0.29) is 0 Å². The molecule has 2 rings (SSSR count). The Kier molecular flexibility index (Phi) is 4.30. The van der Waals surface area contributed by atoms with Crippen LogP contribution in [0.2, 0.25) is 5.02 Å². The highest BCUT2D eigenvalue weighted by Gasteiger charge is 2.04. The number of nitrogens with zero attached hydrogens (tertiary/aromatic N) is 2. The molecule has 0 saturated heterocycles. The molecule has 2 aromatic rings. The van der Waals surface area contributed by atoms with Crippen LogP contribution in [0.4, 0.5) is 5.69 Å². The first-order valence-electron chi connectivity index (χ1n) is 5.82. The summed E-state index contributed by atoms with van der Waals surface area (Å²) in [5, 5.41) is 8.50. The van der Waals surface area contributed by atoms with E-state index in [1.807, 2.05) is 29.8 Å². The molecule has 1 heterocycles. The Labute approximate surface area is 120 Å². The Hall–Kier alpha value is -1.000. The molecule has 0 aliphatic heterocycles. The van der Waals surface area contributed by atoms with E-state index in [0.29, 0.717) is 0 Å². The quantitative estimate of drug-likeness (QED) is 0.910. The van der Waals surface area contributed by atoms with Crippen molar-refractivity contribution in [2.24, 2.45) is 0 Å². The van der Waals surface area contributed by atoms with Crippen LogP contribution < -0.4 is 5.32 Å². The molecule has 96 valence electrons. The number of benzene rings is 1. The van der Waals surface area contributed by atoms with Gasteiger partial charge in [0, 0.05) is 16.7 Å². The van der Waals surface area contributed by atoms with Gasteiger partial charge in [-0.05, 0) is 54.0 Å². The first-order valence-corrected chi connectivity index (χ1v) is 6.99. The summed E-state index contributed by atoms with van der Waals surface area (Å²) >= 11 is 9.38. The number of aryl methyl sites for hydroxylation is 2. The molecule has 0 radical (unpaired) electrons. The summed E-state index contributed by atoms with van der Waals surface area (Å²) in [6.07, 6.45) is 0. The summed E-state index contributed by atoms with van der Waals surface area (Å²) in [5.41, 5.74) is 3.26. The standard InChI is InChI=1S/C13H15BrClN3/c1-3-18-11(6-9(2)17-18)8-16-10-4-5-13(15)12(14)7-10/h4-7,16H,3,8H2,1-2H3. The Morgan fingerprint density at radius 1 is 1.39 bits per heavy atom. The van der Waals surface area contributed by atoms with Gasteiger partial charge < -0.3 is 5.32 Å². The van der Waals surface area contributed by atoms with Gasteiger partial charge in [0.1, 0.15) is 0 Å². The molecule has 0 bridgehead atoms. The molecule has 0 atom stereocenters. The Morgan fingerprint density at radius 3 is 2.83 bits per heavy atom. The van der Waals surface area contributed by atoms with Gasteiger partial charge in [-0.3, -0.25) is 4.68 Å². The number of nitrogens with one attached hydrogen (secondary N) is 1. The molecule has 0 unspecified atom stereocenters. The van der Waals surface area contributed by atoms with Crippen molar-refractivity contribution in [3.05, 3.63) is 45.1 Å². The molecule has 5 heteroatoms. The molecular formula is C13H15BrClN3. The van der Waals surface area contributed by atoms with E-state index in [4.69, 9.17) is 11.6 Å². The number of halogens is 2. The lowest BCUT2D eigenvalue weighted by Crippen LogP contribution is -2.07. The highest BCUT2D eigenvalue weighted by molar-refractivity contribution is 9.10. The van der Waals surface area contributed by atoms with E-state index in [1.165, 1.54) is 5.69 Å². The first-order chi connectivity index (χ1) is 8.60. The fourth-order valence-electron chi connectivity index (χ4n) is 1.81. The number of rotatable bonds is 4. The lowest BCUT2D eigenvalue weighted by Gasteiger charge is -2.08. The summed E-state index contributed by atoms with van der Waals surface area (Å²) in [4.78, 5) is 0. The van der Waals surface area contributed by atoms with Crippen LogP contribution in [0.15, 0.2) is 28.7 Å². The number of hydrogen-bond donors (Lipinski definition) is 1. The fraction of sp³-hybridized carbons (Fsp3) is 0.308. The predicted molar refractivity (Wildman–Crippen MR) is 79.1 cm³/mol. The van der Waals surface area contributed by atoms with Crippen molar-refractivity contribution in [3.8, 4) is 0 Å². The molecule has 18 heavy (non-hydrogen) atoms. The van der Waals surface area contributed by atoms with Gasteiger partial charge in [0.15, 0.2) is 0 Å². The molecule has 3 nitrogen and oxygen atoms in total. The van der Waals surface area contributed by atoms with Gasteiger partial charge >= 0.3 is 0 Å². The molecule has 0 spiro atoms. The Bertz CT molecular complexity index is 551. The minimum Gasteiger partial charge on any atom is -0.379 e. The Balaban J connectivity index is 2.08. The normalized spacial score (nSPS) is 10.7. The van der Waals surface area contributed by atoms with Gasteiger partial charge in [-0.1, -0.05) is 11.6 Å². The van der Waals surface area contributed by atoms with Crippen LogP contribution in [0.3, 0.4) is 0 Å². The highest BCUT2D eigenvalue weighted by atomic mass is 79.9. The largest absolute Gasteiger partial charge is 0.379 e. The van der Waals surface area contributed by atoms with Crippen molar-refractivity contribution in [3.63, 3.8) is 0 Å². The van der Waals surface area contributed by atoms with Gasteiger partial charge in [0.25, 0.3) is 0 Å². The summed E-state index contributed by atoms with van der Waals surface area (Å²) in [6.45, 7) is 5.74. The van der Waals surface area contributed by atoms with E-state index >= 15 is 0 Å². The van der Waals surface area contributed by atoms with Gasteiger partial charge in [-0.25, -0.2) is 0 Å². The smallest absolute Gasteiger partial charge is 0.0597 e. The summed E-state index contributed by atoms with van der Waals surface area (Å²) in [7, 11) is 0. The van der Waals surface area contributed by atoms with Gasteiger partial charge in [-0.2, -0.15) is 5.10 Å². The lowest BCUT2D eigenvalue weighted by atomic mass is 10.3. The third kappa shape index (κ3) is 3.06. The molecule has 0 amide bonds. The Morgan fingerprint density at radius 2 is 2.17 bits per heavy atom. The van der Waals surface area contributed by atoms with E-state index in [1.54, 1.807) is 0 Å². The minimum absolute atomic E-state index is 0.718. The fourth-order valence-corrected chi connectivity index (χ4v) is 2.31. The first kappa shape index (κ1) is 13.4. The van der Waals surface area contributed by atoms with Crippen molar-refractivity contribution in [1.82, 2.24) is 9.78 Å². The maximum absolute atomic E-state index is 5.96. The van der Waals surface area contributed by atoms with Gasteiger partial charge in [0.05, 0.1) is 23.0 Å². The summed E-state index contributed by atoms with van der Waals surface area (Å²) < 4.78 is 2.90. The molecule has 0 aliphatic rings. The van der Waals surface area contributed by atoms with Crippen molar-refractivity contribution in [2.45, 2.75) is 26.9 Å². The zero-order valence-electron chi connectivity index (χ0n) is 10.4. The predicted octanol–water partition coefficient (Wildman–Crippen LogP) is 4.24. The average molecular weight is 329 g/mol. The zero-order valence-corrected chi connectivity index (χ0v) is 12.7. The van der Waals surface area contributed by atoms with Crippen LogP contribution in [0.1, 0.15) is 18.3 Å². The van der Waals surface area contributed by atoms with E-state index in [9.17, 15) is 0 Å². The van der Waals surface area contributed by atoms with Crippen LogP contribution in [0.25, 0.3) is 0 Å².